The molecule has 2 aromatic carbocycles. The lowest BCUT2D eigenvalue weighted by Gasteiger charge is -2.27. The monoisotopic (exact) mass is 380 g/mol. The summed E-state index contributed by atoms with van der Waals surface area (Å²) < 4.78 is 20.9. The van der Waals surface area contributed by atoms with Crippen molar-refractivity contribution in [3.05, 3.63) is 77.4 Å². The number of anilines is 1. The summed E-state index contributed by atoms with van der Waals surface area (Å²) in [4.78, 5) is 24.2. The van der Waals surface area contributed by atoms with Crippen molar-refractivity contribution in [3.63, 3.8) is 0 Å². The second-order valence-corrected chi connectivity index (χ2v) is 6.50. The highest BCUT2D eigenvalue weighted by molar-refractivity contribution is 6.04. The van der Waals surface area contributed by atoms with Gasteiger partial charge in [0.05, 0.1) is 18.5 Å². The number of carbonyl (C=O) groups excluding carboxylic acids is 1. The number of aromatic carboxylic acids is 1. The summed E-state index contributed by atoms with van der Waals surface area (Å²) in [5, 5.41) is 12.3. The van der Waals surface area contributed by atoms with Gasteiger partial charge in [0.15, 0.2) is 0 Å². The van der Waals surface area contributed by atoms with Gasteiger partial charge in [-0.25, -0.2) is 9.18 Å². The molecule has 0 saturated heterocycles. The maximum Gasteiger partial charge on any atom is 0.339 e. The smallest absolute Gasteiger partial charge is 0.339 e. The van der Waals surface area contributed by atoms with E-state index in [9.17, 15) is 19.1 Å². The number of nitrogens with one attached hydrogen (secondary N) is 1. The minimum Gasteiger partial charge on any atom is -0.496 e. The van der Waals surface area contributed by atoms with Crippen LogP contribution in [0.4, 0.5) is 10.1 Å². The number of ether oxygens (including phenoxy) is 1. The third-order valence-corrected chi connectivity index (χ3v) is 4.86. The van der Waals surface area contributed by atoms with Crippen molar-refractivity contribution < 1.29 is 23.8 Å². The molecule has 1 aliphatic heterocycles. The molecule has 1 amide bonds. The Kier molecular flexibility index (Phi) is 4.35. The first-order valence-electron chi connectivity index (χ1n) is 8.67. The zero-order valence-electron chi connectivity index (χ0n) is 15.0. The number of nitrogens with zero attached hydrogens (tertiary/aromatic N) is 1. The molecular weight excluding hydrogens is 363 g/mol. The van der Waals surface area contributed by atoms with E-state index in [1.54, 1.807) is 22.8 Å². The van der Waals surface area contributed by atoms with Gasteiger partial charge in [0.25, 0.3) is 0 Å². The first-order chi connectivity index (χ1) is 13.5. The molecule has 0 saturated carbocycles. The first kappa shape index (κ1) is 17.8. The van der Waals surface area contributed by atoms with Gasteiger partial charge in [-0.1, -0.05) is 24.3 Å². The Bertz CT molecular complexity index is 1090. The highest BCUT2D eigenvalue weighted by atomic mass is 19.1. The van der Waals surface area contributed by atoms with Gasteiger partial charge in [-0.05, 0) is 24.3 Å². The van der Waals surface area contributed by atoms with Crippen LogP contribution in [0.15, 0.2) is 54.7 Å². The highest BCUT2D eigenvalue weighted by Gasteiger charge is 2.35. The topological polar surface area (TPSA) is 80.6 Å². The average Bonchev–Trinajstić information content (AvgIpc) is 3.07. The quantitative estimate of drug-likeness (QED) is 0.722. The number of carbonyl (C=O) groups is 2. The van der Waals surface area contributed by atoms with Crippen LogP contribution >= 0.6 is 0 Å². The summed E-state index contributed by atoms with van der Waals surface area (Å²) in [5.74, 6) is -1.76. The number of hydrogen-bond donors (Lipinski definition) is 2. The number of hydrogen-bond acceptors (Lipinski definition) is 3. The van der Waals surface area contributed by atoms with Gasteiger partial charge >= 0.3 is 5.97 Å². The minimum absolute atomic E-state index is 0.0489. The van der Waals surface area contributed by atoms with Crippen LogP contribution in [0.3, 0.4) is 0 Å². The lowest BCUT2D eigenvalue weighted by molar-refractivity contribution is -0.116. The molecule has 0 spiro atoms. The van der Waals surface area contributed by atoms with Crippen LogP contribution in [0.25, 0.3) is 5.69 Å². The Morgan fingerprint density at radius 3 is 2.75 bits per heavy atom. The van der Waals surface area contributed by atoms with E-state index in [2.05, 4.69) is 5.32 Å². The highest BCUT2D eigenvalue weighted by Crippen LogP contribution is 2.44. The summed E-state index contributed by atoms with van der Waals surface area (Å²) in [6.07, 6.45) is 1.53. The van der Waals surface area contributed by atoms with Crippen molar-refractivity contribution in [1.29, 1.82) is 0 Å². The van der Waals surface area contributed by atoms with Gasteiger partial charge in [0.1, 0.15) is 17.1 Å². The third kappa shape index (κ3) is 2.90. The Balaban J connectivity index is 2.00. The molecule has 1 aromatic heterocycles. The van der Waals surface area contributed by atoms with Gasteiger partial charge in [-0.2, -0.15) is 0 Å². The predicted octanol–water partition coefficient (Wildman–Crippen LogP) is 3.80. The Morgan fingerprint density at radius 1 is 1.25 bits per heavy atom. The van der Waals surface area contributed by atoms with E-state index in [0.29, 0.717) is 17.1 Å². The number of methoxy groups -OCH3 is 1. The summed E-state index contributed by atoms with van der Waals surface area (Å²) in [5.41, 5.74) is 1.98. The molecule has 0 fully saturated rings. The van der Waals surface area contributed by atoms with Crippen molar-refractivity contribution in [1.82, 2.24) is 4.57 Å². The van der Waals surface area contributed by atoms with E-state index in [0.717, 1.165) is 5.56 Å². The number of amides is 1. The average molecular weight is 380 g/mol. The number of rotatable bonds is 4. The number of aromatic nitrogens is 1. The molecule has 1 atom stereocenters. The van der Waals surface area contributed by atoms with Crippen molar-refractivity contribution >= 4 is 17.6 Å². The molecule has 28 heavy (non-hydrogen) atoms. The minimum atomic E-state index is -1.17. The standard InChI is InChI=1S/C21H17FN2O4/c1-28-17-8-3-2-7-14(17)15-10-18(25)23-19-16(21(26)27)11-24(20(15)19)13-6-4-5-12(22)9-13/h2-9,11,15H,10H2,1H3,(H,23,25)(H,26,27). The zero-order valence-corrected chi connectivity index (χ0v) is 15.0. The van der Waals surface area contributed by atoms with Crippen LogP contribution < -0.4 is 10.1 Å². The second kappa shape index (κ2) is 6.84. The van der Waals surface area contributed by atoms with Crippen molar-refractivity contribution in [3.8, 4) is 11.4 Å². The molecule has 2 N–H and O–H groups in total. The summed E-state index contributed by atoms with van der Waals surface area (Å²) >= 11 is 0. The number of benzene rings is 2. The molecule has 0 aliphatic carbocycles. The fourth-order valence-electron chi connectivity index (χ4n) is 3.68. The maximum absolute atomic E-state index is 13.8. The van der Waals surface area contributed by atoms with E-state index in [4.69, 9.17) is 4.74 Å². The van der Waals surface area contributed by atoms with Crippen LogP contribution in [0.2, 0.25) is 0 Å². The molecule has 142 valence electrons. The van der Waals surface area contributed by atoms with E-state index in [-0.39, 0.29) is 23.6 Å². The van der Waals surface area contributed by atoms with Crippen LogP contribution in [0.1, 0.15) is 34.0 Å². The zero-order chi connectivity index (χ0) is 19.8. The molecule has 3 aromatic rings. The fraction of sp³-hybridized carbons (Fsp3) is 0.143. The van der Waals surface area contributed by atoms with Crippen LogP contribution in [-0.2, 0) is 4.79 Å². The van der Waals surface area contributed by atoms with Crippen LogP contribution in [0.5, 0.6) is 5.75 Å². The molecule has 7 heteroatoms. The summed E-state index contributed by atoms with van der Waals surface area (Å²) in [6, 6.07) is 13.2. The van der Waals surface area contributed by atoms with Gasteiger partial charge in [0, 0.05) is 29.8 Å². The van der Waals surface area contributed by atoms with E-state index >= 15 is 0 Å². The number of carboxylic acid groups (broad SMARTS) is 1. The third-order valence-electron chi connectivity index (χ3n) is 4.86. The number of carboxylic acids is 1. The molecule has 1 aliphatic rings. The SMILES string of the molecule is COc1ccccc1C1CC(=O)Nc2c(C(=O)O)cn(-c3cccc(F)c3)c21. The number of para-hydroxylation sites is 1. The first-order valence-corrected chi connectivity index (χ1v) is 8.67. The van der Waals surface area contributed by atoms with Crippen molar-refractivity contribution in [2.75, 3.05) is 12.4 Å². The van der Waals surface area contributed by atoms with Gasteiger partial charge in [-0.15, -0.1) is 0 Å². The largest absolute Gasteiger partial charge is 0.496 e. The molecule has 1 unspecified atom stereocenters. The lowest BCUT2D eigenvalue weighted by atomic mass is 9.87. The van der Waals surface area contributed by atoms with Crippen LogP contribution in [-0.4, -0.2) is 28.7 Å². The fourth-order valence-corrected chi connectivity index (χ4v) is 3.68. The molecule has 0 radical (unpaired) electrons. The van der Waals surface area contributed by atoms with Gasteiger partial charge in [0.2, 0.25) is 5.91 Å². The number of fused-ring (bicyclic) bond motifs is 1. The normalized spacial score (nSPS) is 15.6. The summed E-state index contributed by atoms with van der Waals surface area (Å²) in [7, 11) is 1.54. The second-order valence-electron chi connectivity index (χ2n) is 6.50. The maximum atomic E-state index is 13.8. The Morgan fingerprint density at radius 2 is 2.04 bits per heavy atom. The lowest BCUT2D eigenvalue weighted by Crippen LogP contribution is -2.25. The number of halogens is 1. The Hall–Kier alpha value is -3.61. The van der Waals surface area contributed by atoms with Crippen molar-refractivity contribution in [2.24, 2.45) is 0 Å². The summed E-state index contributed by atoms with van der Waals surface area (Å²) in [6.45, 7) is 0. The van der Waals surface area contributed by atoms with E-state index in [1.807, 2.05) is 18.2 Å². The molecule has 0 bridgehead atoms. The van der Waals surface area contributed by atoms with Gasteiger partial charge in [-0.3, -0.25) is 4.79 Å². The van der Waals surface area contributed by atoms with Crippen molar-refractivity contribution in [2.45, 2.75) is 12.3 Å². The van der Waals surface area contributed by atoms with E-state index < -0.39 is 17.7 Å². The van der Waals surface area contributed by atoms with Gasteiger partial charge < -0.3 is 19.7 Å². The predicted molar refractivity (Wildman–Crippen MR) is 101 cm³/mol. The Labute approximate surface area is 160 Å². The molecular formula is C21H17FN2O4. The molecule has 2 heterocycles. The van der Waals surface area contributed by atoms with Crippen LogP contribution in [0, 0.1) is 5.82 Å². The van der Waals surface area contributed by atoms with E-state index in [1.165, 1.54) is 25.4 Å². The molecule has 6 nitrogen and oxygen atoms in total. The molecule has 4 rings (SSSR count).